The minimum Gasteiger partial charge on any atom is -0.490 e. The van der Waals surface area contributed by atoms with Crippen LogP contribution in [0.3, 0.4) is 0 Å². The number of esters is 1. The zero-order valence-corrected chi connectivity index (χ0v) is 25.6. The van der Waals surface area contributed by atoms with Crippen LogP contribution in [0.25, 0.3) is 6.08 Å². The average molecular weight is 553 g/mol. The molecule has 0 bridgehead atoms. The highest BCUT2D eigenvalue weighted by Gasteiger charge is 2.39. The molecular formula is C30H52O7Si. The maximum Gasteiger partial charge on any atom is 0.500 e. The van der Waals surface area contributed by atoms with Crippen molar-refractivity contribution in [3.05, 3.63) is 29.8 Å². The average Bonchev–Trinajstić information content (AvgIpc) is 2.91. The van der Waals surface area contributed by atoms with Gasteiger partial charge in [-0.25, -0.2) is 4.79 Å². The zero-order valence-electron chi connectivity index (χ0n) is 24.6. The maximum absolute atomic E-state index is 11.5. The van der Waals surface area contributed by atoms with Crippen molar-refractivity contribution in [2.75, 3.05) is 40.1 Å². The van der Waals surface area contributed by atoms with Gasteiger partial charge >= 0.3 is 14.8 Å². The highest BCUT2D eigenvalue weighted by Crippen LogP contribution is 2.30. The van der Waals surface area contributed by atoms with E-state index in [-0.39, 0.29) is 5.97 Å². The van der Waals surface area contributed by atoms with Gasteiger partial charge in [0.15, 0.2) is 11.5 Å². The number of ether oxygens (including phenoxy) is 3. The summed E-state index contributed by atoms with van der Waals surface area (Å²) in [6.07, 6.45) is 14.4. The molecule has 0 aliphatic heterocycles. The third kappa shape index (κ3) is 14.9. The number of hydrogen-bond donors (Lipinski definition) is 0. The number of methoxy groups -OCH3 is 1. The van der Waals surface area contributed by atoms with Gasteiger partial charge in [-0.1, -0.05) is 57.9 Å². The number of hydrogen-bond acceptors (Lipinski definition) is 7. The monoisotopic (exact) mass is 552 g/mol. The lowest BCUT2D eigenvalue weighted by molar-refractivity contribution is -0.134. The van der Waals surface area contributed by atoms with Crippen LogP contribution in [0.5, 0.6) is 11.5 Å². The summed E-state index contributed by atoms with van der Waals surface area (Å²) in [4.78, 5) is 11.5. The van der Waals surface area contributed by atoms with Gasteiger partial charge < -0.3 is 27.5 Å². The maximum atomic E-state index is 11.5. The van der Waals surface area contributed by atoms with E-state index in [1.165, 1.54) is 45.3 Å². The summed E-state index contributed by atoms with van der Waals surface area (Å²) in [6, 6.07) is 6.65. The molecule has 0 aromatic heterocycles. The van der Waals surface area contributed by atoms with Crippen LogP contribution < -0.4 is 9.47 Å². The highest BCUT2D eigenvalue weighted by molar-refractivity contribution is 6.60. The molecule has 0 saturated heterocycles. The summed E-state index contributed by atoms with van der Waals surface area (Å²) >= 11 is 0. The van der Waals surface area contributed by atoms with Crippen molar-refractivity contribution < 1.29 is 32.3 Å². The Balaban J connectivity index is 2.47. The topological polar surface area (TPSA) is 72.5 Å². The van der Waals surface area contributed by atoms with Gasteiger partial charge in [0.05, 0.1) is 20.3 Å². The molecule has 0 N–H and O–H groups in total. The van der Waals surface area contributed by atoms with Gasteiger partial charge in [-0.15, -0.1) is 0 Å². The molecule has 218 valence electrons. The lowest BCUT2D eigenvalue weighted by Gasteiger charge is -2.28. The smallest absolute Gasteiger partial charge is 0.490 e. The predicted molar refractivity (Wildman–Crippen MR) is 156 cm³/mol. The molecule has 0 fully saturated rings. The summed E-state index contributed by atoms with van der Waals surface area (Å²) in [5.41, 5.74) is 0.870. The van der Waals surface area contributed by atoms with Crippen molar-refractivity contribution in [3.63, 3.8) is 0 Å². The largest absolute Gasteiger partial charge is 0.500 e. The normalized spacial score (nSPS) is 11.7. The molecule has 0 radical (unpaired) electrons. The Morgan fingerprint density at radius 1 is 0.737 bits per heavy atom. The minimum absolute atomic E-state index is 0.384. The summed E-state index contributed by atoms with van der Waals surface area (Å²) in [7, 11) is -1.15. The van der Waals surface area contributed by atoms with Gasteiger partial charge in [0.25, 0.3) is 0 Å². The van der Waals surface area contributed by atoms with Crippen LogP contribution in [0.15, 0.2) is 24.3 Å². The molecule has 38 heavy (non-hydrogen) atoms. The number of carbonyl (C=O) groups is 1. The highest BCUT2D eigenvalue weighted by atomic mass is 28.4. The van der Waals surface area contributed by atoms with E-state index in [1.807, 2.05) is 39.0 Å². The third-order valence-electron chi connectivity index (χ3n) is 6.06. The van der Waals surface area contributed by atoms with Crippen molar-refractivity contribution in [3.8, 4) is 11.5 Å². The zero-order chi connectivity index (χ0) is 27.9. The van der Waals surface area contributed by atoms with E-state index in [9.17, 15) is 4.79 Å². The van der Waals surface area contributed by atoms with Crippen molar-refractivity contribution in [2.24, 2.45) is 0 Å². The van der Waals surface area contributed by atoms with Gasteiger partial charge in [0.1, 0.15) is 0 Å². The standard InChI is InChI=1S/C30H52O7Si/c1-6-10-11-16-23-33-28-21-19-27(20-22-30(31)32-5)26-29(28)34-24-17-14-12-13-15-18-25-38(35-7-2,36-8-3)37-9-4/h19-22,26H,6-18,23-25H2,1-5H3/b22-20+. The second-order valence-electron chi connectivity index (χ2n) is 9.17. The Morgan fingerprint density at radius 2 is 1.29 bits per heavy atom. The number of benzene rings is 1. The molecule has 1 aromatic rings. The quantitative estimate of drug-likeness (QED) is 0.0566. The molecule has 7 nitrogen and oxygen atoms in total. The molecule has 0 heterocycles. The van der Waals surface area contributed by atoms with E-state index in [0.29, 0.717) is 33.0 Å². The first-order chi connectivity index (χ1) is 18.5. The Bertz CT molecular complexity index is 752. The van der Waals surface area contributed by atoms with Crippen molar-refractivity contribution in [1.82, 2.24) is 0 Å². The molecule has 0 aliphatic rings. The second kappa shape index (κ2) is 22.0. The number of carbonyl (C=O) groups excluding carboxylic acids is 1. The Kier molecular flexibility index (Phi) is 19.8. The van der Waals surface area contributed by atoms with E-state index in [1.54, 1.807) is 6.08 Å². The first kappa shape index (κ1) is 34.2. The van der Waals surface area contributed by atoms with Crippen molar-refractivity contribution >= 4 is 20.8 Å². The molecule has 0 atom stereocenters. The number of unbranched alkanes of at least 4 members (excludes halogenated alkanes) is 8. The molecule has 0 unspecified atom stereocenters. The van der Waals surface area contributed by atoms with Crippen LogP contribution in [-0.2, 0) is 22.8 Å². The molecule has 1 rings (SSSR count). The van der Waals surface area contributed by atoms with Gasteiger partial charge in [-0.2, -0.15) is 0 Å². The molecule has 8 heteroatoms. The van der Waals surface area contributed by atoms with Gasteiger partial charge in [0, 0.05) is 31.9 Å². The summed E-state index contributed by atoms with van der Waals surface area (Å²) in [5, 5.41) is 0. The lowest BCUT2D eigenvalue weighted by Crippen LogP contribution is -2.45. The number of rotatable bonds is 24. The van der Waals surface area contributed by atoms with Crippen LogP contribution >= 0.6 is 0 Å². The van der Waals surface area contributed by atoms with E-state index >= 15 is 0 Å². The minimum atomic E-state index is -2.52. The van der Waals surface area contributed by atoms with Crippen molar-refractivity contribution in [1.29, 1.82) is 0 Å². The van der Waals surface area contributed by atoms with Crippen LogP contribution in [0, 0.1) is 0 Å². The van der Waals surface area contributed by atoms with Gasteiger partial charge in [-0.3, -0.25) is 0 Å². The predicted octanol–water partition coefficient (Wildman–Crippen LogP) is 7.60. The third-order valence-corrected chi connectivity index (χ3v) is 9.22. The SMILES string of the molecule is CCCCCCOc1ccc(/C=C/C(=O)OC)cc1OCCCCCCCC[Si](OCC)(OCC)OCC. The summed E-state index contributed by atoms with van der Waals surface area (Å²) < 4.78 is 34.7. The van der Waals surface area contributed by atoms with Crippen LogP contribution in [-0.4, -0.2) is 54.9 Å². The first-order valence-electron chi connectivity index (χ1n) is 14.6. The van der Waals surface area contributed by atoms with Crippen LogP contribution in [0.2, 0.25) is 6.04 Å². The molecule has 1 aromatic carbocycles. The van der Waals surface area contributed by atoms with Gasteiger partial charge in [-0.05, 0) is 63.8 Å². The Morgan fingerprint density at radius 3 is 1.87 bits per heavy atom. The van der Waals surface area contributed by atoms with Crippen LogP contribution in [0.1, 0.15) is 97.5 Å². The lowest BCUT2D eigenvalue weighted by atomic mass is 10.1. The van der Waals surface area contributed by atoms with Gasteiger partial charge in [0.2, 0.25) is 0 Å². The molecular weight excluding hydrogens is 500 g/mol. The fraction of sp³-hybridized carbons (Fsp3) is 0.700. The van der Waals surface area contributed by atoms with Crippen molar-refractivity contribution in [2.45, 2.75) is 97.9 Å². The van der Waals surface area contributed by atoms with E-state index in [4.69, 9.17) is 22.8 Å². The van der Waals surface area contributed by atoms with E-state index < -0.39 is 8.80 Å². The summed E-state index contributed by atoms with van der Waals surface area (Å²) in [6.45, 7) is 11.4. The second-order valence-corrected chi connectivity index (χ2v) is 11.9. The molecule has 0 amide bonds. The Hall–Kier alpha value is -1.87. The van der Waals surface area contributed by atoms with E-state index in [0.717, 1.165) is 55.2 Å². The molecule has 0 saturated carbocycles. The first-order valence-corrected chi connectivity index (χ1v) is 16.5. The summed E-state index contributed by atoms with van der Waals surface area (Å²) in [5.74, 6) is 1.09. The Labute approximate surface area is 232 Å². The molecule has 0 spiro atoms. The fourth-order valence-corrected chi connectivity index (χ4v) is 6.82. The fourth-order valence-electron chi connectivity index (χ4n) is 4.14. The molecule has 0 aliphatic carbocycles. The van der Waals surface area contributed by atoms with Crippen LogP contribution in [0.4, 0.5) is 0 Å². The van der Waals surface area contributed by atoms with E-state index in [2.05, 4.69) is 11.7 Å².